The van der Waals surface area contributed by atoms with Crippen LogP contribution in [0, 0.1) is 12.8 Å². The molecule has 2 heterocycles. The summed E-state index contributed by atoms with van der Waals surface area (Å²) in [5.74, 6) is 0.618. The van der Waals surface area contributed by atoms with Crippen LogP contribution in [0.25, 0.3) is 11.3 Å². The molecule has 38 heavy (non-hydrogen) atoms. The summed E-state index contributed by atoms with van der Waals surface area (Å²) in [4.78, 5) is 28.7. The van der Waals surface area contributed by atoms with E-state index in [1.54, 1.807) is 0 Å². The highest BCUT2D eigenvalue weighted by Gasteiger charge is 2.30. The van der Waals surface area contributed by atoms with Crippen LogP contribution in [0.4, 0.5) is 0 Å². The molecule has 1 saturated carbocycles. The molecule has 2 amide bonds. The van der Waals surface area contributed by atoms with E-state index in [4.69, 9.17) is 4.74 Å². The molecule has 1 aliphatic carbocycles. The molecule has 1 N–H and O–H groups in total. The van der Waals surface area contributed by atoms with E-state index in [1.807, 2.05) is 18.0 Å². The van der Waals surface area contributed by atoms with Crippen LogP contribution < -0.4 is 5.32 Å². The van der Waals surface area contributed by atoms with E-state index in [-0.39, 0.29) is 28.8 Å². The van der Waals surface area contributed by atoms with Gasteiger partial charge in [0.1, 0.15) is 0 Å². The first-order valence-corrected chi connectivity index (χ1v) is 14.3. The van der Waals surface area contributed by atoms with Gasteiger partial charge in [-0.25, -0.2) is 0 Å². The molecule has 0 atom stereocenters. The Kier molecular flexibility index (Phi) is 8.13. The van der Waals surface area contributed by atoms with Crippen molar-refractivity contribution in [2.75, 3.05) is 20.3 Å². The molecule has 2 aromatic rings. The van der Waals surface area contributed by atoms with Gasteiger partial charge < -0.3 is 19.5 Å². The lowest BCUT2D eigenvalue weighted by Crippen LogP contribution is -2.48. The van der Waals surface area contributed by atoms with Crippen molar-refractivity contribution in [3.8, 4) is 11.3 Å². The van der Waals surface area contributed by atoms with Crippen LogP contribution in [0.3, 0.4) is 0 Å². The average molecular weight is 522 g/mol. The Labute approximate surface area is 229 Å². The summed E-state index contributed by atoms with van der Waals surface area (Å²) in [5, 5.41) is 3.13. The molecule has 1 aliphatic heterocycles. The lowest BCUT2D eigenvalue weighted by atomic mass is 9.81. The molecule has 4 rings (SSSR count). The largest absolute Gasteiger partial charge is 0.377 e. The van der Waals surface area contributed by atoms with Gasteiger partial charge in [-0.05, 0) is 81.2 Å². The molecule has 0 bridgehead atoms. The Morgan fingerprint density at radius 2 is 1.66 bits per heavy atom. The fourth-order valence-electron chi connectivity index (χ4n) is 5.56. The van der Waals surface area contributed by atoms with Crippen molar-refractivity contribution in [3.05, 3.63) is 46.6 Å². The Hall–Kier alpha value is -2.60. The van der Waals surface area contributed by atoms with E-state index in [0.717, 1.165) is 40.2 Å². The highest BCUT2D eigenvalue weighted by atomic mass is 16.5. The number of carbonyl (C=O) groups excluding carboxylic acids is 2. The van der Waals surface area contributed by atoms with Gasteiger partial charge in [-0.2, -0.15) is 0 Å². The summed E-state index contributed by atoms with van der Waals surface area (Å²) in [6.07, 6.45) is 6.34. The van der Waals surface area contributed by atoms with Crippen molar-refractivity contribution < 1.29 is 14.3 Å². The maximum absolute atomic E-state index is 13.6. The molecule has 0 radical (unpaired) electrons. The number of hydrogen-bond acceptors (Lipinski definition) is 3. The predicted molar refractivity (Wildman–Crippen MR) is 154 cm³/mol. The molecule has 0 unspecified atom stereocenters. The third kappa shape index (κ3) is 6.01. The second kappa shape index (κ2) is 10.9. The van der Waals surface area contributed by atoms with Gasteiger partial charge >= 0.3 is 0 Å². The normalized spacial score (nSPS) is 17.3. The van der Waals surface area contributed by atoms with Crippen LogP contribution in [0.2, 0.25) is 0 Å². The van der Waals surface area contributed by atoms with Gasteiger partial charge in [0.2, 0.25) is 0 Å². The second-order valence-corrected chi connectivity index (χ2v) is 13.4. The van der Waals surface area contributed by atoms with Crippen molar-refractivity contribution in [2.24, 2.45) is 5.92 Å². The minimum atomic E-state index is -0.273. The van der Waals surface area contributed by atoms with E-state index < -0.39 is 0 Å². The maximum atomic E-state index is 13.6. The van der Waals surface area contributed by atoms with Gasteiger partial charge in [0, 0.05) is 36.1 Å². The third-order valence-electron chi connectivity index (χ3n) is 8.41. The number of hydrogen-bond donors (Lipinski definition) is 1. The van der Waals surface area contributed by atoms with Gasteiger partial charge in [-0.1, -0.05) is 46.1 Å². The van der Waals surface area contributed by atoms with E-state index in [9.17, 15) is 9.59 Å². The Balaban J connectivity index is 1.78. The van der Waals surface area contributed by atoms with Crippen molar-refractivity contribution in [1.82, 2.24) is 14.8 Å². The summed E-state index contributed by atoms with van der Waals surface area (Å²) in [6.45, 7) is 16.8. The van der Waals surface area contributed by atoms with E-state index in [1.165, 1.54) is 32.1 Å². The molecule has 6 nitrogen and oxygen atoms in total. The SMILES string of the molecule is Cc1c(C(=O)NC2COC2)cc(-c2ccc(C(=O)N(C)C(C)(C)C)c(C(C)(C)C)c2)n1CC1CCCCC1. The molecule has 1 aromatic heterocycles. The summed E-state index contributed by atoms with van der Waals surface area (Å²) < 4.78 is 7.62. The molecule has 6 heteroatoms. The minimum Gasteiger partial charge on any atom is -0.377 e. The number of rotatable bonds is 6. The lowest BCUT2D eigenvalue weighted by molar-refractivity contribution is -0.00347. The summed E-state index contributed by atoms with van der Waals surface area (Å²) in [6, 6.07) is 8.37. The topological polar surface area (TPSA) is 63.6 Å². The first kappa shape index (κ1) is 28.4. The first-order chi connectivity index (χ1) is 17.8. The Bertz CT molecular complexity index is 1170. The highest BCUT2D eigenvalue weighted by Crippen LogP contribution is 2.35. The zero-order valence-electron chi connectivity index (χ0n) is 24.7. The van der Waals surface area contributed by atoms with Crippen LogP contribution in [-0.2, 0) is 16.7 Å². The van der Waals surface area contributed by atoms with Crippen molar-refractivity contribution in [3.63, 3.8) is 0 Å². The summed E-state index contributed by atoms with van der Waals surface area (Å²) in [7, 11) is 1.87. The molecular formula is C32H47N3O3. The van der Waals surface area contributed by atoms with Crippen molar-refractivity contribution >= 4 is 11.8 Å². The van der Waals surface area contributed by atoms with Crippen LogP contribution in [0.5, 0.6) is 0 Å². The first-order valence-electron chi connectivity index (χ1n) is 14.3. The van der Waals surface area contributed by atoms with Gasteiger partial charge in [-0.3, -0.25) is 9.59 Å². The van der Waals surface area contributed by atoms with E-state index in [0.29, 0.717) is 19.1 Å². The number of ether oxygens (including phenoxy) is 1. The minimum absolute atomic E-state index is 0.0329. The molecule has 2 fully saturated rings. The fraction of sp³-hybridized carbons (Fsp3) is 0.625. The van der Waals surface area contributed by atoms with Crippen LogP contribution in [-0.4, -0.2) is 53.1 Å². The number of aromatic nitrogens is 1. The van der Waals surface area contributed by atoms with E-state index in [2.05, 4.69) is 76.5 Å². The van der Waals surface area contributed by atoms with Gasteiger partial charge in [-0.15, -0.1) is 0 Å². The number of benzene rings is 1. The Morgan fingerprint density at radius 3 is 2.21 bits per heavy atom. The van der Waals surface area contributed by atoms with Crippen LogP contribution in [0.15, 0.2) is 24.3 Å². The van der Waals surface area contributed by atoms with Gasteiger partial charge in [0.25, 0.3) is 11.8 Å². The maximum Gasteiger partial charge on any atom is 0.254 e. The third-order valence-corrected chi connectivity index (χ3v) is 8.41. The van der Waals surface area contributed by atoms with Crippen molar-refractivity contribution in [1.29, 1.82) is 0 Å². The average Bonchev–Trinajstić information content (AvgIpc) is 3.15. The zero-order chi connectivity index (χ0) is 27.8. The van der Waals surface area contributed by atoms with Gasteiger partial charge in [0.05, 0.1) is 24.8 Å². The zero-order valence-corrected chi connectivity index (χ0v) is 24.7. The standard InChI is InChI=1S/C32H47N3O3/c1-21-26(29(36)33-24-19-38-20-24)17-28(35(21)18-22-12-10-9-11-13-22)23-14-15-25(27(16-23)31(2,3)4)30(37)34(8)32(5,6)7/h14-17,22,24H,9-13,18-20H2,1-8H3,(H,33,36). The van der Waals surface area contributed by atoms with E-state index >= 15 is 0 Å². The Morgan fingerprint density at radius 1 is 1.00 bits per heavy atom. The fourth-order valence-corrected chi connectivity index (χ4v) is 5.56. The number of nitrogens with zero attached hydrogens (tertiary/aromatic N) is 2. The molecule has 1 aromatic carbocycles. The van der Waals surface area contributed by atoms with Crippen LogP contribution in [0.1, 0.15) is 106 Å². The number of carbonyl (C=O) groups is 2. The quantitative estimate of drug-likeness (QED) is 0.482. The lowest BCUT2D eigenvalue weighted by Gasteiger charge is -2.34. The number of nitrogens with one attached hydrogen (secondary N) is 1. The second-order valence-electron chi connectivity index (χ2n) is 13.4. The smallest absolute Gasteiger partial charge is 0.254 e. The molecule has 0 spiro atoms. The summed E-state index contributed by atoms with van der Waals surface area (Å²) >= 11 is 0. The summed E-state index contributed by atoms with van der Waals surface area (Å²) in [5.41, 5.74) is 5.11. The van der Waals surface area contributed by atoms with Crippen LogP contribution >= 0.6 is 0 Å². The molecule has 208 valence electrons. The predicted octanol–water partition coefficient (Wildman–Crippen LogP) is 6.34. The number of amides is 2. The van der Waals surface area contributed by atoms with Crippen molar-refractivity contribution in [2.45, 2.75) is 104 Å². The monoisotopic (exact) mass is 521 g/mol. The molecule has 1 saturated heterocycles. The highest BCUT2D eigenvalue weighted by molar-refractivity contribution is 5.98. The molecule has 2 aliphatic rings. The molecular weight excluding hydrogens is 474 g/mol. The van der Waals surface area contributed by atoms with Gasteiger partial charge in [0.15, 0.2) is 0 Å².